The van der Waals surface area contributed by atoms with Gasteiger partial charge in [-0.1, -0.05) is 18.0 Å². The highest BCUT2D eigenvalue weighted by molar-refractivity contribution is 7.99. The van der Waals surface area contributed by atoms with Crippen molar-refractivity contribution < 1.29 is 4.92 Å². The van der Waals surface area contributed by atoms with E-state index in [1.807, 2.05) is 11.8 Å². The summed E-state index contributed by atoms with van der Waals surface area (Å²) in [6.45, 7) is 0.756. The molecule has 0 spiro atoms. The van der Waals surface area contributed by atoms with Gasteiger partial charge in [-0.15, -0.1) is 0 Å². The maximum absolute atomic E-state index is 10.9. The fourth-order valence-corrected chi connectivity index (χ4v) is 3.41. The summed E-state index contributed by atoms with van der Waals surface area (Å²) in [7, 11) is 0. The molecule has 2 rings (SSSR count). The topological polar surface area (TPSA) is 55.2 Å². The smallest absolute Gasteiger partial charge is 0.292 e. The second kappa shape index (κ2) is 6.29. The lowest BCUT2D eigenvalue weighted by Crippen LogP contribution is -2.20. The molecule has 0 aromatic heterocycles. The van der Waals surface area contributed by atoms with Crippen molar-refractivity contribution in [1.82, 2.24) is 0 Å². The number of nitrogens with zero attached hydrogens (tertiary/aromatic N) is 1. The molecular formula is C12H15ClN2O2S. The molecule has 4 nitrogen and oxygen atoms in total. The average molecular weight is 287 g/mol. The van der Waals surface area contributed by atoms with Gasteiger partial charge in [0.2, 0.25) is 0 Å². The van der Waals surface area contributed by atoms with E-state index >= 15 is 0 Å². The molecule has 0 bridgehead atoms. The summed E-state index contributed by atoms with van der Waals surface area (Å²) in [6, 6.07) is 4.60. The van der Waals surface area contributed by atoms with E-state index in [1.165, 1.54) is 31.1 Å². The molecule has 18 heavy (non-hydrogen) atoms. The average Bonchev–Trinajstić information content (AvgIpc) is 2.37. The number of thioether (sulfide) groups is 1. The lowest BCUT2D eigenvalue weighted by Gasteiger charge is -2.21. The van der Waals surface area contributed by atoms with Crippen LogP contribution < -0.4 is 5.32 Å². The number of halogens is 1. The Morgan fingerprint density at radius 1 is 1.50 bits per heavy atom. The second-order valence-electron chi connectivity index (χ2n) is 4.29. The van der Waals surface area contributed by atoms with Crippen molar-refractivity contribution in [3.63, 3.8) is 0 Å². The molecule has 0 amide bonds. The van der Waals surface area contributed by atoms with E-state index in [-0.39, 0.29) is 10.6 Å². The molecule has 0 saturated carbocycles. The lowest BCUT2D eigenvalue weighted by molar-refractivity contribution is -0.384. The molecule has 1 unspecified atom stereocenters. The van der Waals surface area contributed by atoms with Crippen LogP contribution in [0.1, 0.15) is 19.3 Å². The Labute approximate surface area is 115 Å². The molecule has 1 aromatic rings. The Hall–Kier alpha value is -0.940. The zero-order valence-corrected chi connectivity index (χ0v) is 11.5. The van der Waals surface area contributed by atoms with Gasteiger partial charge in [0.25, 0.3) is 5.69 Å². The van der Waals surface area contributed by atoms with Crippen molar-refractivity contribution in [2.24, 2.45) is 0 Å². The van der Waals surface area contributed by atoms with Crippen molar-refractivity contribution in [3.05, 3.63) is 33.3 Å². The number of benzene rings is 1. The summed E-state index contributed by atoms with van der Waals surface area (Å²) in [5.74, 6) is 1.18. The second-order valence-corrected chi connectivity index (χ2v) is 6.13. The van der Waals surface area contributed by atoms with Crippen molar-refractivity contribution in [1.29, 1.82) is 0 Å². The van der Waals surface area contributed by atoms with E-state index in [1.54, 1.807) is 12.1 Å². The number of rotatable bonds is 4. The first-order chi connectivity index (χ1) is 8.66. The van der Waals surface area contributed by atoms with Crippen molar-refractivity contribution >= 4 is 34.7 Å². The van der Waals surface area contributed by atoms with Crippen LogP contribution in [0.15, 0.2) is 18.2 Å². The maximum Gasteiger partial charge on any atom is 0.292 e. The highest BCUT2D eigenvalue weighted by atomic mass is 35.5. The van der Waals surface area contributed by atoms with Gasteiger partial charge in [0.15, 0.2) is 0 Å². The Morgan fingerprint density at radius 3 is 3.00 bits per heavy atom. The first kappa shape index (κ1) is 13.5. The number of nitrogens with one attached hydrogen (secondary N) is 1. The first-order valence-electron chi connectivity index (χ1n) is 5.96. The summed E-state index contributed by atoms with van der Waals surface area (Å²) in [5, 5.41) is 15.1. The van der Waals surface area contributed by atoms with Crippen LogP contribution in [0.25, 0.3) is 0 Å². The minimum absolute atomic E-state index is 0.0835. The summed E-state index contributed by atoms with van der Waals surface area (Å²) >= 11 is 7.81. The third-order valence-electron chi connectivity index (χ3n) is 2.95. The molecule has 1 heterocycles. The van der Waals surface area contributed by atoms with Gasteiger partial charge in [0, 0.05) is 22.9 Å². The zero-order chi connectivity index (χ0) is 13.0. The predicted molar refractivity (Wildman–Crippen MR) is 76.7 cm³/mol. The monoisotopic (exact) mass is 286 g/mol. The normalized spacial score (nSPS) is 19.5. The summed E-state index contributed by atoms with van der Waals surface area (Å²) in [4.78, 5) is 10.5. The highest BCUT2D eigenvalue weighted by Gasteiger charge is 2.17. The molecule has 1 aromatic carbocycles. The van der Waals surface area contributed by atoms with E-state index in [2.05, 4.69) is 5.32 Å². The van der Waals surface area contributed by atoms with Crippen LogP contribution in [0.2, 0.25) is 5.02 Å². The van der Waals surface area contributed by atoms with Crippen LogP contribution >= 0.6 is 23.4 Å². The van der Waals surface area contributed by atoms with E-state index in [0.717, 1.165) is 6.54 Å². The van der Waals surface area contributed by atoms with Gasteiger partial charge in [0.05, 0.1) is 4.92 Å². The minimum atomic E-state index is -0.382. The van der Waals surface area contributed by atoms with E-state index in [4.69, 9.17) is 11.6 Å². The molecule has 98 valence electrons. The van der Waals surface area contributed by atoms with Crippen LogP contribution in [0.5, 0.6) is 0 Å². The molecule has 1 aliphatic heterocycles. The molecule has 6 heteroatoms. The summed E-state index contributed by atoms with van der Waals surface area (Å²) < 4.78 is 0. The molecule has 1 N–H and O–H groups in total. The maximum atomic E-state index is 10.9. The van der Waals surface area contributed by atoms with Gasteiger partial charge in [-0.05, 0) is 30.7 Å². The third-order valence-corrected chi connectivity index (χ3v) is 4.58. The largest absolute Gasteiger partial charge is 0.378 e. The first-order valence-corrected chi connectivity index (χ1v) is 7.39. The third kappa shape index (κ3) is 3.53. The fraction of sp³-hybridized carbons (Fsp3) is 0.500. The van der Waals surface area contributed by atoms with Crippen molar-refractivity contribution in [2.45, 2.75) is 24.5 Å². The van der Waals surface area contributed by atoms with Crippen LogP contribution in [-0.2, 0) is 0 Å². The standard InChI is InChI=1S/C12H15ClN2O2S/c13-9-4-5-12(15(16)17)11(7-9)14-8-10-3-1-2-6-18-10/h4-5,7,10,14H,1-3,6,8H2. The Kier molecular flexibility index (Phi) is 4.72. The number of hydrogen-bond acceptors (Lipinski definition) is 4. The quantitative estimate of drug-likeness (QED) is 0.673. The lowest BCUT2D eigenvalue weighted by atomic mass is 10.2. The number of nitro groups is 1. The van der Waals surface area contributed by atoms with Crippen molar-refractivity contribution in [2.75, 3.05) is 17.6 Å². The summed E-state index contributed by atoms with van der Waals surface area (Å²) in [5.41, 5.74) is 0.596. The van der Waals surface area contributed by atoms with Gasteiger partial charge in [-0.2, -0.15) is 11.8 Å². The van der Waals surface area contributed by atoms with Gasteiger partial charge in [-0.25, -0.2) is 0 Å². The van der Waals surface area contributed by atoms with Crippen molar-refractivity contribution in [3.8, 4) is 0 Å². The molecule has 0 aliphatic carbocycles. The zero-order valence-electron chi connectivity index (χ0n) is 9.89. The molecule has 1 saturated heterocycles. The van der Waals surface area contributed by atoms with Gasteiger partial charge in [-0.3, -0.25) is 10.1 Å². The van der Waals surface area contributed by atoms with E-state index < -0.39 is 0 Å². The van der Waals surface area contributed by atoms with E-state index in [0.29, 0.717) is 16.0 Å². The van der Waals surface area contributed by atoms with Gasteiger partial charge < -0.3 is 5.32 Å². The van der Waals surface area contributed by atoms with Crippen LogP contribution in [0.4, 0.5) is 11.4 Å². The number of hydrogen-bond donors (Lipinski definition) is 1. The summed E-state index contributed by atoms with van der Waals surface area (Å²) in [6.07, 6.45) is 3.70. The van der Waals surface area contributed by atoms with Crippen LogP contribution in [0.3, 0.4) is 0 Å². The SMILES string of the molecule is O=[N+]([O-])c1ccc(Cl)cc1NCC1CCCCS1. The molecular weight excluding hydrogens is 272 g/mol. The number of nitro benzene ring substituents is 1. The highest BCUT2D eigenvalue weighted by Crippen LogP contribution is 2.30. The number of anilines is 1. The van der Waals surface area contributed by atoms with Gasteiger partial charge >= 0.3 is 0 Å². The van der Waals surface area contributed by atoms with Crippen LogP contribution in [-0.4, -0.2) is 22.5 Å². The predicted octanol–water partition coefficient (Wildman–Crippen LogP) is 3.95. The minimum Gasteiger partial charge on any atom is -0.378 e. The molecule has 1 fully saturated rings. The Bertz CT molecular complexity index is 436. The Morgan fingerprint density at radius 2 is 2.33 bits per heavy atom. The van der Waals surface area contributed by atoms with Gasteiger partial charge in [0.1, 0.15) is 5.69 Å². The fourth-order valence-electron chi connectivity index (χ4n) is 2.00. The molecule has 0 radical (unpaired) electrons. The Balaban J connectivity index is 2.03. The van der Waals surface area contributed by atoms with E-state index in [9.17, 15) is 10.1 Å². The molecule has 1 aliphatic rings. The van der Waals surface area contributed by atoms with Crippen LogP contribution in [0, 0.1) is 10.1 Å². The molecule has 1 atom stereocenters.